The monoisotopic (exact) mass is 275 g/mol. The van der Waals surface area contributed by atoms with Crippen LogP contribution in [0.2, 0.25) is 19.6 Å². The summed E-state index contributed by atoms with van der Waals surface area (Å²) in [6, 6.07) is 9.43. The molecule has 1 saturated carbocycles. The van der Waals surface area contributed by atoms with E-state index in [4.69, 9.17) is 0 Å². The molecule has 1 nitrogen and oxygen atoms in total. The Morgan fingerprint density at radius 2 is 1.74 bits per heavy atom. The first kappa shape index (κ1) is 14.8. The average Bonchev–Trinajstić information content (AvgIpc) is 3.13. The van der Waals surface area contributed by atoms with E-state index < -0.39 is 8.07 Å². The Kier molecular flexibility index (Phi) is 4.85. The predicted molar refractivity (Wildman–Crippen MR) is 87.7 cm³/mol. The highest BCUT2D eigenvalue weighted by molar-refractivity contribution is 6.88. The van der Waals surface area contributed by atoms with E-state index in [2.05, 4.69) is 55.7 Å². The second-order valence-corrected chi connectivity index (χ2v) is 12.2. The second-order valence-electron chi connectivity index (χ2n) is 7.13. The van der Waals surface area contributed by atoms with Crippen LogP contribution in [0, 0.1) is 5.92 Å². The van der Waals surface area contributed by atoms with Crippen molar-refractivity contribution in [2.75, 3.05) is 13.1 Å². The van der Waals surface area contributed by atoms with E-state index in [1.807, 2.05) is 0 Å². The van der Waals surface area contributed by atoms with Crippen molar-refractivity contribution in [2.45, 2.75) is 52.4 Å². The van der Waals surface area contributed by atoms with E-state index >= 15 is 0 Å². The smallest absolute Gasteiger partial charge is 0.0775 e. The molecule has 0 radical (unpaired) electrons. The maximum absolute atomic E-state index is 2.64. The molecule has 0 heterocycles. The minimum Gasteiger partial charge on any atom is -0.299 e. The third-order valence-corrected chi connectivity index (χ3v) is 6.04. The molecular weight excluding hydrogens is 246 g/mol. The minimum absolute atomic E-state index is 0.993. The molecule has 0 unspecified atom stereocenters. The van der Waals surface area contributed by atoms with Gasteiger partial charge in [0.25, 0.3) is 0 Å². The molecule has 0 aromatic heterocycles. The maximum atomic E-state index is 2.64. The molecule has 0 saturated heterocycles. The second kappa shape index (κ2) is 6.23. The van der Waals surface area contributed by atoms with Gasteiger partial charge in [-0.1, -0.05) is 56.0 Å². The molecule has 0 bridgehead atoms. The van der Waals surface area contributed by atoms with Crippen molar-refractivity contribution in [3.63, 3.8) is 0 Å². The van der Waals surface area contributed by atoms with E-state index in [0.717, 1.165) is 12.5 Å². The van der Waals surface area contributed by atoms with Crippen LogP contribution in [0.4, 0.5) is 0 Å². The highest BCUT2D eigenvalue weighted by atomic mass is 28.3. The summed E-state index contributed by atoms with van der Waals surface area (Å²) in [6.45, 7) is 13.2. The minimum atomic E-state index is -1.14. The fraction of sp³-hybridized carbons (Fsp3) is 0.647. The summed E-state index contributed by atoms with van der Waals surface area (Å²) in [6.07, 6.45) is 4.17. The zero-order valence-corrected chi connectivity index (χ0v) is 14.1. The van der Waals surface area contributed by atoms with Crippen LogP contribution in [0.3, 0.4) is 0 Å². The number of benzene rings is 1. The summed E-state index contributed by atoms with van der Waals surface area (Å²) < 4.78 is 0. The molecule has 0 amide bonds. The Balaban J connectivity index is 1.96. The molecule has 1 aromatic carbocycles. The number of nitrogens with zero attached hydrogens (tertiary/aromatic N) is 1. The van der Waals surface area contributed by atoms with Gasteiger partial charge in [-0.3, -0.25) is 4.90 Å². The van der Waals surface area contributed by atoms with E-state index in [0.29, 0.717) is 0 Å². The Bertz CT molecular complexity index is 387. The molecular formula is C17H29NSi. The largest absolute Gasteiger partial charge is 0.299 e. The summed E-state index contributed by atoms with van der Waals surface area (Å²) in [5.74, 6) is 0.993. The zero-order valence-electron chi connectivity index (χ0n) is 13.1. The molecule has 0 N–H and O–H groups in total. The summed E-state index contributed by atoms with van der Waals surface area (Å²) in [4.78, 5) is 2.64. The first-order valence-corrected chi connectivity index (χ1v) is 11.3. The fourth-order valence-corrected chi connectivity index (χ4v) is 3.75. The Hall–Kier alpha value is -0.603. The van der Waals surface area contributed by atoms with Crippen LogP contribution in [0.25, 0.3) is 0 Å². The Labute approximate surface area is 120 Å². The van der Waals surface area contributed by atoms with Gasteiger partial charge in [-0.05, 0) is 37.3 Å². The first-order chi connectivity index (χ1) is 8.99. The summed E-state index contributed by atoms with van der Waals surface area (Å²) in [7, 11) is -1.14. The normalized spacial score (nSPS) is 16.1. The lowest BCUT2D eigenvalue weighted by molar-refractivity contribution is 0.255. The van der Waals surface area contributed by atoms with Crippen molar-refractivity contribution < 1.29 is 0 Å². The van der Waals surface area contributed by atoms with Crippen LogP contribution < -0.4 is 5.19 Å². The van der Waals surface area contributed by atoms with Crippen LogP contribution in [0.15, 0.2) is 24.3 Å². The quantitative estimate of drug-likeness (QED) is 0.683. The van der Waals surface area contributed by atoms with E-state index in [9.17, 15) is 0 Å². The summed E-state index contributed by atoms with van der Waals surface area (Å²) in [5.41, 5.74) is 1.48. The first-order valence-electron chi connectivity index (χ1n) is 7.81. The van der Waals surface area contributed by atoms with Gasteiger partial charge in [0.05, 0.1) is 8.07 Å². The fourth-order valence-electron chi connectivity index (χ4n) is 2.59. The zero-order chi connectivity index (χ0) is 13.9. The standard InChI is InChI=1S/C17H29NSi/c1-5-12-18(13-15-6-7-15)14-16-8-10-17(11-9-16)19(2,3)4/h8-11,15H,5-7,12-14H2,1-4H3. The molecule has 2 rings (SSSR count). The van der Waals surface area contributed by atoms with E-state index in [1.54, 1.807) is 5.19 Å². The lowest BCUT2D eigenvalue weighted by Gasteiger charge is -2.22. The Morgan fingerprint density at radius 3 is 2.21 bits per heavy atom. The van der Waals surface area contributed by atoms with Crippen molar-refractivity contribution in [1.29, 1.82) is 0 Å². The summed E-state index contributed by atoms with van der Waals surface area (Å²) in [5, 5.41) is 1.57. The summed E-state index contributed by atoms with van der Waals surface area (Å²) >= 11 is 0. The van der Waals surface area contributed by atoms with Gasteiger partial charge in [0, 0.05) is 13.1 Å². The van der Waals surface area contributed by atoms with Crippen molar-refractivity contribution >= 4 is 13.3 Å². The van der Waals surface area contributed by atoms with Gasteiger partial charge in [0.2, 0.25) is 0 Å². The molecule has 0 atom stereocenters. The van der Waals surface area contributed by atoms with Crippen LogP contribution in [0.1, 0.15) is 31.7 Å². The highest BCUT2D eigenvalue weighted by Gasteiger charge is 2.24. The number of rotatable bonds is 7. The molecule has 1 aromatic rings. The van der Waals surface area contributed by atoms with Crippen LogP contribution in [-0.2, 0) is 6.54 Å². The van der Waals surface area contributed by atoms with Crippen LogP contribution in [-0.4, -0.2) is 26.1 Å². The van der Waals surface area contributed by atoms with Gasteiger partial charge < -0.3 is 0 Å². The van der Waals surface area contributed by atoms with Gasteiger partial charge in [0.1, 0.15) is 0 Å². The maximum Gasteiger partial charge on any atom is 0.0775 e. The van der Waals surface area contributed by atoms with E-state index in [-0.39, 0.29) is 0 Å². The third-order valence-electron chi connectivity index (χ3n) is 3.98. The van der Waals surface area contributed by atoms with Gasteiger partial charge in [-0.2, -0.15) is 0 Å². The molecule has 106 valence electrons. The van der Waals surface area contributed by atoms with Crippen molar-refractivity contribution in [1.82, 2.24) is 4.90 Å². The molecule has 2 heteroatoms. The van der Waals surface area contributed by atoms with Crippen molar-refractivity contribution in [3.8, 4) is 0 Å². The van der Waals surface area contributed by atoms with Gasteiger partial charge in [-0.15, -0.1) is 0 Å². The molecule has 1 aliphatic rings. The van der Waals surface area contributed by atoms with Gasteiger partial charge in [0.15, 0.2) is 0 Å². The molecule has 19 heavy (non-hydrogen) atoms. The highest BCUT2D eigenvalue weighted by Crippen LogP contribution is 2.30. The number of hydrogen-bond acceptors (Lipinski definition) is 1. The lowest BCUT2D eigenvalue weighted by Crippen LogP contribution is -2.37. The number of hydrogen-bond donors (Lipinski definition) is 0. The molecule has 0 aliphatic heterocycles. The predicted octanol–water partition coefficient (Wildman–Crippen LogP) is 3.85. The Morgan fingerprint density at radius 1 is 1.11 bits per heavy atom. The van der Waals surface area contributed by atoms with E-state index in [1.165, 1.54) is 37.9 Å². The SMILES string of the molecule is CCCN(Cc1ccc([Si](C)(C)C)cc1)CC1CC1. The topological polar surface area (TPSA) is 3.24 Å². The van der Waals surface area contributed by atoms with Crippen LogP contribution >= 0.6 is 0 Å². The molecule has 1 aliphatic carbocycles. The lowest BCUT2D eigenvalue weighted by atomic mass is 10.2. The van der Waals surface area contributed by atoms with Gasteiger partial charge >= 0.3 is 0 Å². The average molecular weight is 276 g/mol. The van der Waals surface area contributed by atoms with Gasteiger partial charge in [-0.25, -0.2) is 0 Å². The molecule has 1 fully saturated rings. The molecule has 0 spiro atoms. The van der Waals surface area contributed by atoms with Crippen molar-refractivity contribution in [2.24, 2.45) is 5.92 Å². The van der Waals surface area contributed by atoms with Crippen LogP contribution in [0.5, 0.6) is 0 Å². The van der Waals surface area contributed by atoms with Crippen molar-refractivity contribution in [3.05, 3.63) is 29.8 Å². The third kappa shape index (κ3) is 4.77.